The van der Waals surface area contributed by atoms with Gasteiger partial charge in [0.2, 0.25) is 0 Å². The van der Waals surface area contributed by atoms with Gasteiger partial charge in [-0.3, -0.25) is 0 Å². The highest BCUT2D eigenvalue weighted by molar-refractivity contribution is 7.26. The van der Waals surface area contributed by atoms with Crippen LogP contribution in [0.25, 0.3) is 86.3 Å². The number of hydrogen-bond donors (Lipinski definition) is 0. The van der Waals surface area contributed by atoms with E-state index in [1.165, 1.54) is 86.3 Å². The molecule has 10 aromatic rings. The minimum atomic E-state index is 1.17. The second-order valence-corrected chi connectivity index (χ2v) is 12.8. The first kappa shape index (κ1) is 24.8. The average molecular weight is 591 g/mol. The van der Waals surface area contributed by atoms with Crippen molar-refractivity contribution in [3.8, 4) is 22.5 Å². The van der Waals surface area contributed by atoms with E-state index in [0.29, 0.717) is 0 Å². The number of rotatable bonds is 3. The van der Waals surface area contributed by atoms with Crippen LogP contribution in [0.2, 0.25) is 0 Å². The van der Waals surface area contributed by atoms with E-state index in [-0.39, 0.29) is 0 Å². The summed E-state index contributed by atoms with van der Waals surface area (Å²) in [6.45, 7) is 0. The van der Waals surface area contributed by atoms with E-state index in [4.69, 9.17) is 0 Å². The molecule has 7 aromatic carbocycles. The van der Waals surface area contributed by atoms with Crippen molar-refractivity contribution in [1.29, 1.82) is 0 Å². The van der Waals surface area contributed by atoms with Crippen LogP contribution in [0.5, 0.6) is 0 Å². The number of thiophene rings is 1. The average Bonchev–Trinajstić information content (AvgIpc) is 3.76. The Morgan fingerprint density at radius 1 is 0.378 bits per heavy atom. The molecule has 0 fully saturated rings. The lowest BCUT2D eigenvalue weighted by Gasteiger charge is -2.13. The van der Waals surface area contributed by atoms with E-state index < -0.39 is 0 Å². The zero-order valence-corrected chi connectivity index (χ0v) is 25.1. The van der Waals surface area contributed by atoms with Crippen molar-refractivity contribution in [2.24, 2.45) is 0 Å². The Kier molecular flexibility index (Phi) is 5.19. The minimum absolute atomic E-state index is 1.17. The molecule has 3 aromatic heterocycles. The molecule has 3 heterocycles. The van der Waals surface area contributed by atoms with Crippen LogP contribution in [-0.4, -0.2) is 9.13 Å². The summed E-state index contributed by atoms with van der Waals surface area (Å²) in [5.74, 6) is 0. The maximum absolute atomic E-state index is 2.50. The number of fused-ring (bicyclic) bond motifs is 10. The third-order valence-corrected chi connectivity index (χ3v) is 10.4. The highest BCUT2D eigenvalue weighted by atomic mass is 32.1. The van der Waals surface area contributed by atoms with E-state index in [9.17, 15) is 0 Å². The fourth-order valence-corrected chi connectivity index (χ4v) is 8.54. The van der Waals surface area contributed by atoms with Gasteiger partial charge in [-0.05, 0) is 59.7 Å². The van der Waals surface area contributed by atoms with Crippen molar-refractivity contribution in [3.63, 3.8) is 0 Å². The molecule has 3 heteroatoms. The molecule has 2 nitrogen and oxygen atoms in total. The summed E-state index contributed by atoms with van der Waals surface area (Å²) in [4.78, 5) is 0. The number of benzene rings is 7. The van der Waals surface area contributed by atoms with E-state index in [2.05, 4.69) is 167 Å². The lowest BCUT2D eigenvalue weighted by Crippen LogP contribution is -1.98. The summed E-state index contributed by atoms with van der Waals surface area (Å²) in [7, 11) is 0. The quantitative estimate of drug-likeness (QED) is 0.194. The van der Waals surface area contributed by atoms with Crippen LogP contribution < -0.4 is 0 Å². The topological polar surface area (TPSA) is 9.86 Å². The molecule has 0 saturated carbocycles. The van der Waals surface area contributed by atoms with Crippen molar-refractivity contribution in [1.82, 2.24) is 9.13 Å². The van der Waals surface area contributed by atoms with Gasteiger partial charge in [-0.15, -0.1) is 11.3 Å². The fourth-order valence-electron chi connectivity index (χ4n) is 7.43. The van der Waals surface area contributed by atoms with Crippen molar-refractivity contribution in [2.45, 2.75) is 0 Å². The van der Waals surface area contributed by atoms with Gasteiger partial charge in [0.05, 0.1) is 22.1 Å². The van der Waals surface area contributed by atoms with E-state index in [1.54, 1.807) is 0 Å². The normalized spacial score (nSPS) is 12.0. The first-order chi connectivity index (χ1) is 22.3. The van der Waals surface area contributed by atoms with Gasteiger partial charge in [-0.2, -0.15) is 0 Å². The third kappa shape index (κ3) is 3.50. The number of para-hydroxylation sites is 3. The molecule has 0 N–H and O–H groups in total. The van der Waals surface area contributed by atoms with E-state index >= 15 is 0 Å². The molecule has 0 atom stereocenters. The van der Waals surface area contributed by atoms with Crippen molar-refractivity contribution in [3.05, 3.63) is 158 Å². The van der Waals surface area contributed by atoms with Gasteiger partial charge in [0.1, 0.15) is 0 Å². The highest BCUT2D eigenvalue weighted by Crippen LogP contribution is 2.44. The van der Waals surface area contributed by atoms with Crippen LogP contribution in [0, 0.1) is 0 Å². The predicted octanol–water partition coefficient (Wildman–Crippen LogP) is 11.9. The summed E-state index contributed by atoms with van der Waals surface area (Å²) < 4.78 is 7.58. The summed E-state index contributed by atoms with van der Waals surface area (Å²) >= 11 is 1.88. The molecule has 0 radical (unpaired) electrons. The Labute approximate surface area is 263 Å². The highest BCUT2D eigenvalue weighted by Gasteiger charge is 2.21. The predicted molar refractivity (Wildman–Crippen MR) is 193 cm³/mol. The van der Waals surface area contributed by atoms with Crippen LogP contribution >= 0.6 is 11.3 Å². The lowest BCUT2D eigenvalue weighted by atomic mass is 9.99. The summed E-state index contributed by atoms with van der Waals surface area (Å²) in [6, 6.07) is 57.6. The zero-order chi connectivity index (χ0) is 29.5. The Morgan fingerprint density at radius 3 is 1.67 bits per heavy atom. The van der Waals surface area contributed by atoms with Crippen LogP contribution in [0.15, 0.2) is 158 Å². The van der Waals surface area contributed by atoms with Gasteiger partial charge in [-0.1, -0.05) is 109 Å². The molecule has 0 aliphatic carbocycles. The van der Waals surface area contributed by atoms with Gasteiger partial charge in [0, 0.05) is 53.1 Å². The van der Waals surface area contributed by atoms with Crippen LogP contribution in [0.1, 0.15) is 0 Å². The van der Waals surface area contributed by atoms with Crippen molar-refractivity contribution in [2.75, 3.05) is 0 Å². The largest absolute Gasteiger partial charge is 0.307 e. The Balaban J connectivity index is 1.37. The Hall–Kier alpha value is -5.64. The first-order valence-corrected chi connectivity index (χ1v) is 16.2. The molecular formula is C42H26N2S. The Morgan fingerprint density at radius 2 is 0.978 bits per heavy atom. The lowest BCUT2D eigenvalue weighted by molar-refractivity contribution is 1.15. The Bertz CT molecular complexity index is 2740. The standard InChI is InChI=1S/C42H26N2S/c1-3-12-27(13-4-1)30-18-11-21-39-40(30)35-26-29(22-25-38(35)45-39)44-37-20-10-8-17-32(37)34-24-23-33-31-16-7-9-19-36(31)43(41(33)42(34)44)28-14-5-2-6-15-28/h1-26H. The molecule has 0 saturated heterocycles. The molecular weight excluding hydrogens is 565 g/mol. The summed E-state index contributed by atoms with van der Waals surface area (Å²) in [5.41, 5.74) is 9.77. The second-order valence-electron chi connectivity index (χ2n) is 11.7. The van der Waals surface area contributed by atoms with Crippen LogP contribution in [0.4, 0.5) is 0 Å². The number of hydrogen-bond acceptors (Lipinski definition) is 1. The molecule has 0 spiro atoms. The molecule has 10 rings (SSSR count). The van der Waals surface area contributed by atoms with Gasteiger partial charge >= 0.3 is 0 Å². The van der Waals surface area contributed by atoms with Gasteiger partial charge in [0.25, 0.3) is 0 Å². The number of nitrogens with zero attached hydrogens (tertiary/aromatic N) is 2. The van der Waals surface area contributed by atoms with Crippen LogP contribution in [0.3, 0.4) is 0 Å². The van der Waals surface area contributed by atoms with Crippen molar-refractivity contribution < 1.29 is 0 Å². The molecule has 0 bridgehead atoms. The van der Waals surface area contributed by atoms with Gasteiger partial charge in [0.15, 0.2) is 0 Å². The molecule has 0 aliphatic rings. The maximum Gasteiger partial charge on any atom is 0.0788 e. The zero-order valence-electron chi connectivity index (χ0n) is 24.3. The van der Waals surface area contributed by atoms with E-state index in [1.807, 2.05) is 11.3 Å². The van der Waals surface area contributed by atoms with Gasteiger partial charge in [-0.25, -0.2) is 0 Å². The van der Waals surface area contributed by atoms with Crippen molar-refractivity contribution >= 4 is 75.1 Å². The van der Waals surface area contributed by atoms with E-state index in [0.717, 1.165) is 0 Å². The second kappa shape index (κ2) is 9.43. The molecule has 0 aliphatic heterocycles. The van der Waals surface area contributed by atoms with Crippen LogP contribution in [-0.2, 0) is 0 Å². The summed E-state index contributed by atoms with van der Waals surface area (Å²) in [6.07, 6.45) is 0. The molecule has 0 amide bonds. The third-order valence-electron chi connectivity index (χ3n) is 9.30. The molecule has 45 heavy (non-hydrogen) atoms. The monoisotopic (exact) mass is 590 g/mol. The number of aromatic nitrogens is 2. The minimum Gasteiger partial charge on any atom is -0.307 e. The van der Waals surface area contributed by atoms with Gasteiger partial charge < -0.3 is 9.13 Å². The molecule has 210 valence electrons. The summed E-state index contributed by atoms with van der Waals surface area (Å²) in [5, 5.41) is 7.68. The fraction of sp³-hybridized carbons (Fsp3) is 0. The maximum atomic E-state index is 2.50. The first-order valence-electron chi connectivity index (χ1n) is 15.4. The molecule has 0 unspecified atom stereocenters. The SMILES string of the molecule is c1ccc(-c2cccc3sc4ccc(-n5c6ccccc6c6ccc7c8ccccc8n(-c8ccccc8)c7c65)cc4c23)cc1. The smallest absolute Gasteiger partial charge is 0.0788 e.